The van der Waals surface area contributed by atoms with Gasteiger partial charge in [-0.25, -0.2) is 8.42 Å². The van der Waals surface area contributed by atoms with Crippen molar-refractivity contribution in [1.29, 1.82) is 0 Å². The summed E-state index contributed by atoms with van der Waals surface area (Å²) in [4.78, 5) is -0.347. The van der Waals surface area contributed by atoms with E-state index in [0.717, 1.165) is 5.56 Å². The maximum atomic E-state index is 12.7. The number of aryl methyl sites for hydroxylation is 2. The number of phenolic OH excluding ortho intramolecular Hbond substituents is 2. The highest BCUT2D eigenvalue weighted by Gasteiger charge is 2.27. The summed E-state index contributed by atoms with van der Waals surface area (Å²) in [5, 5.41) is 19.7. The molecule has 0 aliphatic heterocycles. The number of hydrogen-bond donors (Lipinski definition) is 2. The first-order valence-corrected chi connectivity index (χ1v) is 7.57. The van der Waals surface area contributed by atoms with E-state index in [1.165, 1.54) is 18.2 Å². The number of benzene rings is 2. The van der Waals surface area contributed by atoms with E-state index in [4.69, 9.17) is 0 Å². The van der Waals surface area contributed by atoms with Crippen LogP contribution in [0.3, 0.4) is 0 Å². The molecule has 0 saturated carbocycles. The molecule has 2 rings (SSSR count). The highest BCUT2D eigenvalue weighted by Crippen LogP contribution is 2.36. The van der Waals surface area contributed by atoms with Crippen molar-refractivity contribution < 1.29 is 18.6 Å². The van der Waals surface area contributed by atoms with Gasteiger partial charge in [0.05, 0.1) is 0 Å². The zero-order valence-electron chi connectivity index (χ0n) is 11.5. The molecule has 20 heavy (non-hydrogen) atoms. The lowest BCUT2D eigenvalue weighted by molar-refractivity contribution is 0.452. The van der Waals surface area contributed by atoms with Crippen molar-refractivity contribution in [1.82, 2.24) is 0 Å². The molecular weight excluding hydrogens is 276 g/mol. The lowest BCUT2D eigenvalue weighted by atomic mass is 10.1. The molecule has 0 heterocycles. The van der Waals surface area contributed by atoms with Gasteiger partial charge in [-0.2, -0.15) is 0 Å². The van der Waals surface area contributed by atoms with Gasteiger partial charge >= 0.3 is 0 Å². The minimum absolute atomic E-state index is 0.154. The van der Waals surface area contributed by atoms with E-state index in [0.29, 0.717) is 11.1 Å². The molecule has 0 aliphatic rings. The van der Waals surface area contributed by atoms with Crippen LogP contribution >= 0.6 is 0 Å². The molecule has 0 spiro atoms. The van der Waals surface area contributed by atoms with Crippen LogP contribution in [0.2, 0.25) is 0 Å². The fourth-order valence-electron chi connectivity index (χ4n) is 2.06. The Balaban J connectivity index is 2.80. The Morgan fingerprint density at radius 1 is 0.900 bits per heavy atom. The van der Waals surface area contributed by atoms with Crippen LogP contribution in [0.4, 0.5) is 0 Å². The SMILES string of the molecule is Cc1ccc(O)c(S(=O)(=O)c2c(O)ccc(C)c2C)c1. The van der Waals surface area contributed by atoms with Gasteiger partial charge < -0.3 is 10.2 Å². The van der Waals surface area contributed by atoms with E-state index >= 15 is 0 Å². The second kappa shape index (κ2) is 4.83. The van der Waals surface area contributed by atoms with E-state index in [9.17, 15) is 18.6 Å². The summed E-state index contributed by atoms with van der Waals surface area (Å²) < 4.78 is 25.4. The zero-order valence-corrected chi connectivity index (χ0v) is 12.3. The topological polar surface area (TPSA) is 74.6 Å². The Morgan fingerprint density at radius 2 is 1.50 bits per heavy atom. The molecule has 0 fully saturated rings. The highest BCUT2D eigenvalue weighted by atomic mass is 32.2. The van der Waals surface area contributed by atoms with Gasteiger partial charge in [0.15, 0.2) is 0 Å². The fraction of sp³-hybridized carbons (Fsp3) is 0.200. The monoisotopic (exact) mass is 292 g/mol. The van der Waals surface area contributed by atoms with Crippen molar-refractivity contribution in [2.24, 2.45) is 0 Å². The minimum atomic E-state index is -3.98. The molecule has 0 saturated heterocycles. The first kappa shape index (κ1) is 14.4. The largest absolute Gasteiger partial charge is 0.507 e. The van der Waals surface area contributed by atoms with Crippen molar-refractivity contribution in [2.45, 2.75) is 30.6 Å². The first-order chi connectivity index (χ1) is 9.25. The van der Waals surface area contributed by atoms with Crippen LogP contribution in [0.25, 0.3) is 0 Å². The van der Waals surface area contributed by atoms with Crippen LogP contribution in [0.15, 0.2) is 40.1 Å². The summed E-state index contributed by atoms with van der Waals surface area (Å²) in [6.45, 7) is 5.14. The van der Waals surface area contributed by atoms with E-state index in [1.54, 1.807) is 32.9 Å². The third-order valence-corrected chi connectivity index (χ3v) is 5.29. The van der Waals surface area contributed by atoms with Crippen molar-refractivity contribution in [3.63, 3.8) is 0 Å². The van der Waals surface area contributed by atoms with Gasteiger partial charge in [0, 0.05) is 0 Å². The lowest BCUT2D eigenvalue weighted by Crippen LogP contribution is -2.06. The van der Waals surface area contributed by atoms with E-state index < -0.39 is 9.84 Å². The summed E-state index contributed by atoms with van der Waals surface area (Å²) in [5.41, 5.74) is 1.95. The molecule has 5 heteroatoms. The molecule has 0 aliphatic carbocycles. The molecule has 106 valence electrons. The van der Waals surface area contributed by atoms with Gasteiger partial charge in [0.1, 0.15) is 21.3 Å². The maximum absolute atomic E-state index is 12.7. The van der Waals surface area contributed by atoms with E-state index in [2.05, 4.69) is 0 Å². The molecule has 4 nitrogen and oxygen atoms in total. The number of sulfone groups is 1. The average Bonchev–Trinajstić information content (AvgIpc) is 2.37. The predicted molar refractivity (Wildman–Crippen MR) is 75.9 cm³/mol. The smallest absolute Gasteiger partial charge is 0.214 e. The molecular formula is C15H16O4S. The molecule has 0 atom stereocenters. The lowest BCUT2D eigenvalue weighted by Gasteiger charge is -2.13. The minimum Gasteiger partial charge on any atom is -0.507 e. The molecule has 0 unspecified atom stereocenters. The summed E-state index contributed by atoms with van der Waals surface area (Å²) >= 11 is 0. The fourth-order valence-corrected chi connectivity index (χ4v) is 3.87. The Kier molecular flexibility index (Phi) is 3.48. The molecule has 2 N–H and O–H groups in total. The number of aromatic hydroxyl groups is 2. The quantitative estimate of drug-likeness (QED) is 0.892. The number of hydrogen-bond acceptors (Lipinski definition) is 4. The Morgan fingerprint density at radius 3 is 2.15 bits per heavy atom. The van der Waals surface area contributed by atoms with Crippen LogP contribution in [-0.4, -0.2) is 18.6 Å². The van der Waals surface area contributed by atoms with E-state index in [-0.39, 0.29) is 21.3 Å². The molecule has 0 amide bonds. The number of rotatable bonds is 2. The van der Waals surface area contributed by atoms with Gasteiger partial charge in [-0.1, -0.05) is 12.1 Å². The molecule has 2 aromatic rings. The second-order valence-electron chi connectivity index (χ2n) is 4.83. The molecule has 0 bridgehead atoms. The summed E-state index contributed by atoms with van der Waals surface area (Å²) in [5.74, 6) is -0.634. The van der Waals surface area contributed by atoms with Gasteiger partial charge in [-0.15, -0.1) is 0 Å². The first-order valence-electron chi connectivity index (χ1n) is 6.09. The zero-order chi connectivity index (χ0) is 15.1. The Bertz CT molecular complexity index is 777. The summed E-state index contributed by atoms with van der Waals surface area (Å²) in [6, 6.07) is 7.36. The van der Waals surface area contributed by atoms with Crippen molar-refractivity contribution in [3.05, 3.63) is 47.0 Å². The predicted octanol–water partition coefficient (Wildman–Crippen LogP) is 2.86. The van der Waals surface area contributed by atoms with Crippen LogP contribution < -0.4 is 0 Å². The normalized spacial score (nSPS) is 11.6. The van der Waals surface area contributed by atoms with Crippen molar-refractivity contribution in [3.8, 4) is 11.5 Å². The third-order valence-electron chi connectivity index (χ3n) is 3.33. The number of phenols is 2. The van der Waals surface area contributed by atoms with Crippen LogP contribution in [0.1, 0.15) is 16.7 Å². The van der Waals surface area contributed by atoms with Gasteiger partial charge in [-0.05, 0) is 55.7 Å². The second-order valence-corrected chi connectivity index (χ2v) is 6.69. The van der Waals surface area contributed by atoms with Gasteiger partial charge in [0.25, 0.3) is 0 Å². The van der Waals surface area contributed by atoms with Crippen LogP contribution in [0.5, 0.6) is 11.5 Å². The molecule has 0 radical (unpaired) electrons. The molecule has 0 aromatic heterocycles. The maximum Gasteiger partial charge on any atom is 0.214 e. The average molecular weight is 292 g/mol. The van der Waals surface area contributed by atoms with Gasteiger partial charge in [-0.3, -0.25) is 0 Å². The third kappa shape index (κ3) is 2.25. The van der Waals surface area contributed by atoms with Crippen LogP contribution in [-0.2, 0) is 9.84 Å². The van der Waals surface area contributed by atoms with E-state index in [1.807, 2.05) is 0 Å². The van der Waals surface area contributed by atoms with Crippen LogP contribution in [0, 0.1) is 20.8 Å². The molecule has 2 aromatic carbocycles. The van der Waals surface area contributed by atoms with Crippen molar-refractivity contribution >= 4 is 9.84 Å². The Hall–Kier alpha value is -2.01. The standard InChI is InChI=1S/C15H16O4S/c1-9-4-6-12(16)14(8-9)20(18,19)15-11(3)10(2)5-7-13(15)17/h4-8,16-17H,1-3H3. The van der Waals surface area contributed by atoms with Crippen molar-refractivity contribution in [2.75, 3.05) is 0 Å². The highest BCUT2D eigenvalue weighted by molar-refractivity contribution is 7.91. The summed E-state index contributed by atoms with van der Waals surface area (Å²) in [7, 11) is -3.98. The Labute approximate surface area is 118 Å². The van der Waals surface area contributed by atoms with Gasteiger partial charge in [0.2, 0.25) is 9.84 Å². The summed E-state index contributed by atoms with van der Waals surface area (Å²) in [6.07, 6.45) is 0.